The Morgan fingerprint density at radius 1 is 1.07 bits per heavy atom. The summed E-state index contributed by atoms with van der Waals surface area (Å²) < 4.78 is 6.05. The normalized spacial score (nSPS) is 20.1. The maximum atomic E-state index is 12.7. The molecule has 1 fully saturated rings. The Labute approximate surface area is 160 Å². The number of anilines is 1. The predicted octanol–water partition coefficient (Wildman–Crippen LogP) is 2.61. The number of hydrogen-bond donors (Lipinski definition) is 0. The van der Waals surface area contributed by atoms with E-state index in [1.54, 1.807) is 6.20 Å². The summed E-state index contributed by atoms with van der Waals surface area (Å²) in [6.07, 6.45) is 5.86. The van der Waals surface area contributed by atoms with Gasteiger partial charge in [-0.05, 0) is 48.9 Å². The van der Waals surface area contributed by atoms with Crippen LogP contribution in [-0.2, 0) is 16.0 Å². The molecular formula is C21H26N4O2. The first-order valence-electron chi connectivity index (χ1n) is 9.81. The summed E-state index contributed by atoms with van der Waals surface area (Å²) in [6.45, 7) is 3.28. The summed E-state index contributed by atoms with van der Waals surface area (Å²) in [6, 6.07) is 12.3. The third kappa shape index (κ3) is 4.27. The van der Waals surface area contributed by atoms with Crippen molar-refractivity contribution in [1.82, 2.24) is 15.1 Å². The summed E-state index contributed by atoms with van der Waals surface area (Å²) in [5, 5.41) is 8.13. The Bertz CT molecular complexity index is 768. The fourth-order valence-corrected chi connectivity index (χ4v) is 4.00. The van der Waals surface area contributed by atoms with Crippen LogP contribution in [0.1, 0.15) is 36.5 Å². The van der Waals surface area contributed by atoms with Gasteiger partial charge < -0.3 is 14.5 Å². The number of fused-ring (bicyclic) bond motifs is 1. The van der Waals surface area contributed by atoms with Crippen LogP contribution in [0.25, 0.3) is 0 Å². The molecule has 0 bridgehead atoms. The number of hydrogen-bond acceptors (Lipinski definition) is 5. The molecule has 0 N–H and O–H groups in total. The van der Waals surface area contributed by atoms with Crippen LogP contribution < -0.4 is 4.90 Å². The Morgan fingerprint density at radius 2 is 2.00 bits per heavy atom. The first-order chi connectivity index (χ1) is 13.3. The zero-order chi connectivity index (χ0) is 18.5. The van der Waals surface area contributed by atoms with Crippen LogP contribution in [0.2, 0.25) is 0 Å². The highest BCUT2D eigenvalue weighted by atomic mass is 16.5. The molecule has 0 spiro atoms. The molecule has 2 aromatic rings. The Morgan fingerprint density at radius 3 is 2.89 bits per heavy atom. The SMILES string of the molecule is O=C(COC1CCCc2ccccc21)N1CCCN(c2cccnn2)CC1. The second-order valence-corrected chi connectivity index (χ2v) is 7.19. The lowest BCUT2D eigenvalue weighted by molar-refractivity contribution is -0.138. The van der Waals surface area contributed by atoms with Gasteiger partial charge in [-0.25, -0.2) is 0 Å². The van der Waals surface area contributed by atoms with Crippen molar-refractivity contribution >= 4 is 11.7 Å². The number of benzene rings is 1. The second kappa shape index (κ2) is 8.48. The van der Waals surface area contributed by atoms with E-state index in [9.17, 15) is 4.79 Å². The molecule has 2 heterocycles. The van der Waals surface area contributed by atoms with E-state index in [1.807, 2.05) is 17.0 Å². The molecule has 2 aliphatic rings. The van der Waals surface area contributed by atoms with Gasteiger partial charge in [-0.3, -0.25) is 4.79 Å². The van der Waals surface area contributed by atoms with Gasteiger partial charge in [0.05, 0.1) is 6.10 Å². The zero-order valence-corrected chi connectivity index (χ0v) is 15.6. The van der Waals surface area contributed by atoms with E-state index < -0.39 is 0 Å². The van der Waals surface area contributed by atoms with Gasteiger partial charge in [-0.1, -0.05) is 24.3 Å². The molecule has 27 heavy (non-hydrogen) atoms. The van der Waals surface area contributed by atoms with Crippen LogP contribution in [0.5, 0.6) is 0 Å². The van der Waals surface area contributed by atoms with Crippen molar-refractivity contribution in [2.75, 3.05) is 37.7 Å². The molecule has 1 amide bonds. The minimum Gasteiger partial charge on any atom is -0.364 e. The minimum absolute atomic E-state index is 0.0435. The Kier molecular flexibility index (Phi) is 5.63. The fraction of sp³-hybridized carbons (Fsp3) is 0.476. The van der Waals surface area contributed by atoms with Gasteiger partial charge in [0.25, 0.3) is 0 Å². The molecule has 1 unspecified atom stereocenters. The third-order valence-electron chi connectivity index (χ3n) is 5.45. The predicted molar refractivity (Wildman–Crippen MR) is 104 cm³/mol. The molecular weight excluding hydrogens is 340 g/mol. The zero-order valence-electron chi connectivity index (χ0n) is 15.6. The lowest BCUT2D eigenvalue weighted by Crippen LogP contribution is -2.38. The van der Waals surface area contributed by atoms with Crippen molar-refractivity contribution < 1.29 is 9.53 Å². The number of aromatic nitrogens is 2. The number of aryl methyl sites for hydroxylation is 1. The van der Waals surface area contributed by atoms with E-state index in [2.05, 4.69) is 39.4 Å². The van der Waals surface area contributed by atoms with Crippen molar-refractivity contribution in [3.8, 4) is 0 Å². The van der Waals surface area contributed by atoms with E-state index in [-0.39, 0.29) is 18.6 Å². The first kappa shape index (κ1) is 17.9. The van der Waals surface area contributed by atoms with Gasteiger partial charge >= 0.3 is 0 Å². The third-order valence-corrected chi connectivity index (χ3v) is 5.45. The van der Waals surface area contributed by atoms with Crippen molar-refractivity contribution in [2.24, 2.45) is 0 Å². The Balaban J connectivity index is 1.32. The highest BCUT2D eigenvalue weighted by Crippen LogP contribution is 2.32. The number of carbonyl (C=O) groups excluding carboxylic acids is 1. The van der Waals surface area contributed by atoms with Crippen molar-refractivity contribution in [2.45, 2.75) is 31.8 Å². The quantitative estimate of drug-likeness (QED) is 0.832. The van der Waals surface area contributed by atoms with Crippen LogP contribution in [-0.4, -0.2) is 53.8 Å². The van der Waals surface area contributed by atoms with Crippen molar-refractivity contribution in [3.63, 3.8) is 0 Å². The van der Waals surface area contributed by atoms with Crippen LogP contribution in [0.3, 0.4) is 0 Å². The Hall–Kier alpha value is -2.47. The topological polar surface area (TPSA) is 58.6 Å². The average molecular weight is 366 g/mol. The molecule has 1 atom stereocenters. The lowest BCUT2D eigenvalue weighted by atomic mass is 9.89. The molecule has 1 aromatic heterocycles. The molecule has 1 saturated heterocycles. The summed E-state index contributed by atoms with van der Waals surface area (Å²) in [5.74, 6) is 0.959. The van der Waals surface area contributed by atoms with E-state index in [0.29, 0.717) is 6.54 Å². The van der Waals surface area contributed by atoms with Gasteiger partial charge in [-0.15, -0.1) is 5.10 Å². The highest BCUT2D eigenvalue weighted by molar-refractivity contribution is 5.77. The van der Waals surface area contributed by atoms with Gasteiger partial charge in [0.2, 0.25) is 5.91 Å². The number of nitrogens with zero attached hydrogens (tertiary/aromatic N) is 4. The first-order valence-corrected chi connectivity index (χ1v) is 9.81. The van der Waals surface area contributed by atoms with Gasteiger partial charge in [-0.2, -0.15) is 5.10 Å². The lowest BCUT2D eigenvalue weighted by Gasteiger charge is -2.27. The van der Waals surface area contributed by atoms with Crippen molar-refractivity contribution in [3.05, 3.63) is 53.7 Å². The maximum absolute atomic E-state index is 12.7. The largest absolute Gasteiger partial charge is 0.364 e. The van der Waals surface area contributed by atoms with Crippen LogP contribution >= 0.6 is 0 Å². The van der Waals surface area contributed by atoms with E-state index in [1.165, 1.54) is 11.1 Å². The number of rotatable bonds is 4. The van der Waals surface area contributed by atoms with Crippen LogP contribution in [0.15, 0.2) is 42.6 Å². The summed E-state index contributed by atoms with van der Waals surface area (Å²) >= 11 is 0. The molecule has 1 aliphatic carbocycles. The fourth-order valence-electron chi connectivity index (χ4n) is 4.00. The summed E-state index contributed by atoms with van der Waals surface area (Å²) in [4.78, 5) is 16.8. The molecule has 4 rings (SSSR count). The summed E-state index contributed by atoms with van der Waals surface area (Å²) in [5.41, 5.74) is 2.61. The molecule has 6 heteroatoms. The minimum atomic E-state index is 0.0435. The standard InChI is InChI=1S/C21H26N4O2/c26-21(16-27-19-9-3-7-17-6-1-2-8-18(17)19)25-13-5-12-24(14-15-25)20-10-4-11-22-23-20/h1-2,4,6,8,10-11,19H,3,5,7,9,12-16H2. The molecule has 142 valence electrons. The molecule has 1 aromatic carbocycles. The number of ether oxygens (including phenoxy) is 1. The monoisotopic (exact) mass is 366 g/mol. The van der Waals surface area contributed by atoms with E-state index in [0.717, 1.165) is 51.1 Å². The van der Waals surface area contributed by atoms with Crippen LogP contribution in [0.4, 0.5) is 5.82 Å². The number of carbonyl (C=O) groups is 1. The molecule has 0 radical (unpaired) electrons. The van der Waals surface area contributed by atoms with E-state index >= 15 is 0 Å². The highest BCUT2D eigenvalue weighted by Gasteiger charge is 2.24. The van der Waals surface area contributed by atoms with Crippen LogP contribution in [0, 0.1) is 0 Å². The second-order valence-electron chi connectivity index (χ2n) is 7.19. The van der Waals surface area contributed by atoms with Gasteiger partial charge in [0, 0.05) is 32.4 Å². The van der Waals surface area contributed by atoms with E-state index in [4.69, 9.17) is 4.74 Å². The maximum Gasteiger partial charge on any atom is 0.248 e. The average Bonchev–Trinajstić information content (AvgIpc) is 2.99. The number of amides is 1. The molecule has 6 nitrogen and oxygen atoms in total. The van der Waals surface area contributed by atoms with Gasteiger partial charge in [0.1, 0.15) is 6.61 Å². The van der Waals surface area contributed by atoms with Gasteiger partial charge in [0.15, 0.2) is 5.82 Å². The smallest absolute Gasteiger partial charge is 0.248 e. The van der Waals surface area contributed by atoms with Crippen molar-refractivity contribution in [1.29, 1.82) is 0 Å². The summed E-state index contributed by atoms with van der Waals surface area (Å²) in [7, 11) is 0. The molecule has 1 aliphatic heterocycles. The molecule has 0 saturated carbocycles.